The number of carbonyl (C=O) groups excluding carboxylic acids is 1. The van der Waals surface area contributed by atoms with Gasteiger partial charge >= 0.3 is 5.97 Å². The summed E-state index contributed by atoms with van der Waals surface area (Å²) in [5, 5.41) is 0. The molecule has 0 aliphatic rings. The van der Waals surface area contributed by atoms with Crippen LogP contribution in [0, 0.1) is 0 Å². The molecule has 1 rings (SSSR count). The lowest BCUT2D eigenvalue weighted by Gasteiger charge is -2.09. The molecule has 0 heterocycles. The summed E-state index contributed by atoms with van der Waals surface area (Å²) in [6.07, 6.45) is 2.13. The van der Waals surface area contributed by atoms with Crippen molar-refractivity contribution in [2.45, 2.75) is 26.2 Å². The Morgan fingerprint density at radius 3 is 2.82 bits per heavy atom. The normalized spacial score (nSPS) is 10.3. The molecule has 0 atom stereocenters. The van der Waals surface area contributed by atoms with E-state index in [1.54, 1.807) is 0 Å². The number of rotatable bonds is 6. The second kappa shape index (κ2) is 7.72. The highest BCUT2D eigenvalue weighted by Gasteiger charge is 2.09. The molecule has 0 N–H and O–H groups in total. The number of hydrogen-bond donors (Lipinski definition) is 0. The highest BCUT2D eigenvalue weighted by atomic mass is 79.9. The Morgan fingerprint density at radius 1 is 1.41 bits per heavy atom. The molecular formula is C13H16BrClO2. The van der Waals surface area contributed by atoms with Crippen LogP contribution in [0.5, 0.6) is 0 Å². The predicted molar refractivity (Wildman–Crippen MR) is 73.5 cm³/mol. The first kappa shape index (κ1) is 14.5. The minimum absolute atomic E-state index is 0.179. The van der Waals surface area contributed by atoms with Gasteiger partial charge in [0.1, 0.15) is 0 Å². The van der Waals surface area contributed by atoms with E-state index >= 15 is 0 Å². The third-order valence-electron chi connectivity index (χ3n) is 2.39. The van der Waals surface area contributed by atoms with Gasteiger partial charge in [0.15, 0.2) is 0 Å². The van der Waals surface area contributed by atoms with Gasteiger partial charge in [0, 0.05) is 10.4 Å². The maximum absolute atomic E-state index is 11.5. The molecule has 0 aliphatic carbocycles. The van der Waals surface area contributed by atoms with Gasteiger partial charge in [-0.25, -0.2) is 0 Å². The highest BCUT2D eigenvalue weighted by molar-refractivity contribution is 9.10. The first-order valence-corrected chi connectivity index (χ1v) is 6.99. The summed E-state index contributed by atoms with van der Waals surface area (Å²) in [5.74, 6) is 0.452. The molecule has 0 saturated heterocycles. The van der Waals surface area contributed by atoms with E-state index in [1.165, 1.54) is 0 Å². The topological polar surface area (TPSA) is 26.3 Å². The molecule has 17 heavy (non-hydrogen) atoms. The van der Waals surface area contributed by atoms with Crippen LogP contribution in [0.15, 0.2) is 22.7 Å². The SMILES string of the molecule is CCOC(=O)Cc1ccc(Br)cc1CCCCl. The van der Waals surface area contributed by atoms with E-state index in [2.05, 4.69) is 15.9 Å². The van der Waals surface area contributed by atoms with Crippen molar-refractivity contribution in [1.82, 2.24) is 0 Å². The van der Waals surface area contributed by atoms with E-state index in [0.717, 1.165) is 28.4 Å². The third kappa shape index (κ3) is 5.09. The Labute approximate surface area is 115 Å². The Morgan fingerprint density at radius 2 is 2.18 bits per heavy atom. The largest absolute Gasteiger partial charge is 0.466 e. The van der Waals surface area contributed by atoms with Crippen LogP contribution in [-0.4, -0.2) is 18.5 Å². The molecule has 4 heteroatoms. The zero-order valence-corrected chi connectivity index (χ0v) is 12.2. The fraction of sp³-hybridized carbons (Fsp3) is 0.462. The van der Waals surface area contributed by atoms with Crippen molar-refractivity contribution in [1.29, 1.82) is 0 Å². The summed E-state index contributed by atoms with van der Waals surface area (Å²) in [5.41, 5.74) is 2.19. The first-order chi connectivity index (χ1) is 8.17. The third-order valence-corrected chi connectivity index (χ3v) is 3.15. The maximum Gasteiger partial charge on any atom is 0.310 e. The number of aryl methyl sites for hydroxylation is 1. The van der Waals surface area contributed by atoms with Gasteiger partial charge in [-0.15, -0.1) is 11.6 Å². The van der Waals surface area contributed by atoms with Crippen molar-refractivity contribution in [3.63, 3.8) is 0 Å². The molecule has 0 saturated carbocycles. The summed E-state index contributed by atoms with van der Waals surface area (Å²) in [7, 11) is 0. The summed E-state index contributed by atoms with van der Waals surface area (Å²) in [6, 6.07) is 5.95. The molecule has 0 aliphatic heterocycles. The standard InChI is InChI=1S/C13H16BrClO2/c1-2-17-13(16)9-11-5-6-12(14)8-10(11)4-3-7-15/h5-6,8H,2-4,7,9H2,1H3. The van der Waals surface area contributed by atoms with E-state index in [1.807, 2.05) is 25.1 Å². The van der Waals surface area contributed by atoms with Gasteiger partial charge in [0.2, 0.25) is 0 Å². The van der Waals surface area contributed by atoms with E-state index in [4.69, 9.17) is 16.3 Å². The second-order valence-corrected chi connectivity index (χ2v) is 4.98. The molecular weight excluding hydrogens is 303 g/mol. The number of benzene rings is 1. The Bertz CT molecular complexity index is 380. The average Bonchev–Trinajstić information content (AvgIpc) is 2.30. The second-order valence-electron chi connectivity index (χ2n) is 3.69. The first-order valence-electron chi connectivity index (χ1n) is 5.66. The Hall–Kier alpha value is -0.540. The van der Waals surface area contributed by atoms with Crippen molar-refractivity contribution in [3.8, 4) is 0 Å². The number of halogens is 2. The van der Waals surface area contributed by atoms with Gasteiger partial charge < -0.3 is 4.74 Å². The lowest BCUT2D eigenvalue weighted by Crippen LogP contribution is -2.09. The van der Waals surface area contributed by atoms with E-state index in [9.17, 15) is 4.79 Å². The van der Waals surface area contributed by atoms with Gasteiger partial charge in [-0.1, -0.05) is 22.0 Å². The van der Waals surface area contributed by atoms with Crippen molar-refractivity contribution in [3.05, 3.63) is 33.8 Å². The summed E-state index contributed by atoms with van der Waals surface area (Å²) in [6.45, 7) is 2.24. The molecule has 0 aromatic heterocycles. The number of esters is 1. The lowest BCUT2D eigenvalue weighted by atomic mass is 10.0. The smallest absolute Gasteiger partial charge is 0.310 e. The molecule has 2 nitrogen and oxygen atoms in total. The van der Waals surface area contributed by atoms with Crippen LogP contribution in [0.2, 0.25) is 0 Å². The van der Waals surface area contributed by atoms with Gasteiger partial charge in [-0.3, -0.25) is 4.79 Å². The van der Waals surface area contributed by atoms with Gasteiger partial charge in [0.25, 0.3) is 0 Å². The molecule has 94 valence electrons. The molecule has 0 radical (unpaired) electrons. The average molecular weight is 320 g/mol. The molecule has 1 aromatic carbocycles. The maximum atomic E-state index is 11.5. The van der Waals surface area contributed by atoms with Crippen LogP contribution in [0.25, 0.3) is 0 Å². The summed E-state index contributed by atoms with van der Waals surface area (Å²) >= 11 is 9.13. The van der Waals surface area contributed by atoms with Crippen LogP contribution in [-0.2, 0) is 22.4 Å². The van der Waals surface area contributed by atoms with Crippen LogP contribution >= 0.6 is 27.5 Å². The fourth-order valence-electron chi connectivity index (χ4n) is 1.62. The molecule has 0 bridgehead atoms. The van der Waals surface area contributed by atoms with Crippen molar-refractivity contribution < 1.29 is 9.53 Å². The van der Waals surface area contributed by atoms with Gasteiger partial charge in [0.05, 0.1) is 13.0 Å². The fourth-order valence-corrected chi connectivity index (χ4v) is 2.17. The zero-order valence-electron chi connectivity index (χ0n) is 9.84. The van der Waals surface area contributed by atoms with Gasteiger partial charge in [-0.05, 0) is 43.0 Å². The molecule has 1 aromatic rings. The minimum Gasteiger partial charge on any atom is -0.466 e. The lowest BCUT2D eigenvalue weighted by molar-refractivity contribution is -0.142. The number of carbonyl (C=O) groups is 1. The zero-order chi connectivity index (χ0) is 12.7. The van der Waals surface area contributed by atoms with Crippen molar-refractivity contribution in [2.75, 3.05) is 12.5 Å². The quantitative estimate of drug-likeness (QED) is 0.590. The molecule has 0 fully saturated rings. The van der Waals surface area contributed by atoms with Crippen molar-refractivity contribution in [2.24, 2.45) is 0 Å². The van der Waals surface area contributed by atoms with Crippen LogP contribution in [0.1, 0.15) is 24.5 Å². The van der Waals surface area contributed by atoms with E-state index in [-0.39, 0.29) is 5.97 Å². The molecule has 0 spiro atoms. The Balaban J connectivity index is 2.78. The highest BCUT2D eigenvalue weighted by Crippen LogP contribution is 2.19. The van der Waals surface area contributed by atoms with Gasteiger partial charge in [-0.2, -0.15) is 0 Å². The Kier molecular flexibility index (Phi) is 6.60. The monoisotopic (exact) mass is 318 g/mol. The van der Waals surface area contributed by atoms with Crippen LogP contribution in [0.3, 0.4) is 0 Å². The molecule has 0 unspecified atom stereocenters. The van der Waals surface area contributed by atoms with Crippen LogP contribution in [0.4, 0.5) is 0 Å². The van der Waals surface area contributed by atoms with Crippen molar-refractivity contribution >= 4 is 33.5 Å². The van der Waals surface area contributed by atoms with E-state index < -0.39 is 0 Å². The predicted octanol–water partition coefficient (Wildman–Crippen LogP) is 3.73. The number of hydrogen-bond acceptors (Lipinski definition) is 2. The minimum atomic E-state index is -0.179. The van der Waals surface area contributed by atoms with E-state index in [0.29, 0.717) is 18.9 Å². The van der Waals surface area contributed by atoms with Crippen LogP contribution < -0.4 is 0 Å². The summed E-state index contributed by atoms with van der Waals surface area (Å²) in [4.78, 5) is 11.5. The summed E-state index contributed by atoms with van der Waals surface area (Å²) < 4.78 is 5.98. The molecule has 0 amide bonds. The number of ether oxygens (including phenoxy) is 1. The number of alkyl halides is 1.